The average molecular weight is 402 g/mol. The quantitative estimate of drug-likeness (QED) is 0.721. The minimum absolute atomic E-state index is 0.107. The molecule has 3 aromatic rings. The smallest absolute Gasteiger partial charge is 0.274 e. The van der Waals surface area contributed by atoms with E-state index in [1.54, 1.807) is 23.4 Å². The van der Waals surface area contributed by atoms with Crippen LogP contribution in [0.1, 0.15) is 26.4 Å². The van der Waals surface area contributed by atoms with Gasteiger partial charge in [0, 0.05) is 44.1 Å². The zero-order valence-electron chi connectivity index (χ0n) is 16.7. The summed E-state index contributed by atoms with van der Waals surface area (Å²) in [6, 6.07) is 11.2. The highest BCUT2D eigenvalue weighted by Crippen LogP contribution is 2.18. The topological polar surface area (TPSA) is 91.3 Å². The molecular weight excluding hydrogens is 380 g/mol. The first-order valence-electron chi connectivity index (χ1n) is 9.75. The van der Waals surface area contributed by atoms with Gasteiger partial charge >= 0.3 is 0 Å². The number of amides is 2. The van der Waals surface area contributed by atoms with E-state index in [2.05, 4.69) is 25.2 Å². The van der Waals surface area contributed by atoms with Gasteiger partial charge in [0.1, 0.15) is 11.5 Å². The Morgan fingerprint density at radius 3 is 2.40 bits per heavy atom. The lowest BCUT2D eigenvalue weighted by molar-refractivity contribution is 0.0740. The number of hydrogen-bond donors (Lipinski definition) is 1. The summed E-state index contributed by atoms with van der Waals surface area (Å²) < 4.78 is 0. The number of benzene rings is 1. The van der Waals surface area contributed by atoms with E-state index in [-0.39, 0.29) is 11.8 Å². The van der Waals surface area contributed by atoms with Crippen molar-refractivity contribution in [2.75, 3.05) is 36.4 Å². The Labute approximate surface area is 174 Å². The molecule has 1 fully saturated rings. The molecule has 0 radical (unpaired) electrons. The summed E-state index contributed by atoms with van der Waals surface area (Å²) in [5.74, 6) is 0.555. The molecule has 3 heterocycles. The van der Waals surface area contributed by atoms with Crippen molar-refractivity contribution in [3.8, 4) is 0 Å². The molecule has 1 aliphatic rings. The molecule has 8 heteroatoms. The van der Waals surface area contributed by atoms with Gasteiger partial charge in [0.15, 0.2) is 0 Å². The minimum Gasteiger partial charge on any atom is -0.353 e. The van der Waals surface area contributed by atoms with E-state index < -0.39 is 0 Å². The van der Waals surface area contributed by atoms with Crippen LogP contribution in [0.3, 0.4) is 0 Å². The highest BCUT2D eigenvalue weighted by Gasteiger charge is 2.23. The van der Waals surface area contributed by atoms with Crippen LogP contribution < -0.4 is 10.2 Å². The predicted molar refractivity (Wildman–Crippen MR) is 114 cm³/mol. The van der Waals surface area contributed by atoms with E-state index in [0.717, 1.165) is 11.4 Å². The van der Waals surface area contributed by atoms with E-state index in [4.69, 9.17) is 0 Å². The second-order valence-corrected chi connectivity index (χ2v) is 7.04. The number of hydrogen-bond acceptors (Lipinski definition) is 6. The van der Waals surface area contributed by atoms with Crippen LogP contribution in [0.2, 0.25) is 0 Å². The van der Waals surface area contributed by atoms with Gasteiger partial charge in [-0.3, -0.25) is 14.6 Å². The standard InChI is InChI=1S/C22H22N6O2/c1-16-4-2-3-5-18(16)21(29)26-17-6-7-20(25-14-17)27-10-12-28(13-11-27)22(30)19-15-23-8-9-24-19/h2-9,14-15H,10-13H2,1H3,(H,26,29). The Kier molecular flexibility index (Phi) is 5.65. The van der Waals surface area contributed by atoms with Crippen molar-refractivity contribution < 1.29 is 9.59 Å². The molecule has 0 spiro atoms. The first kappa shape index (κ1) is 19.5. The highest BCUT2D eigenvalue weighted by atomic mass is 16.2. The summed E-state index contributed by atoms with van der Waals surface area (Å²) >= 11 is 0. The molecule has 152 valence electrons. The fourth-order valence-corrected chi connectivity index (χ4v) is 3.38. The van der Waals surface area contributed by atoms with Crippen molar-refractivity contribution in [2.24, 2.45) is 0 Å². The van der Waals surface area contributed by atoms with E-state index in [1.807, 2.05) is 37.3 Å². The molecule has 30 heavy (non-hydrogen) atoms. The fourth-order valence-electron chi connectivity index (χ4n) is 3.38. The maximum Gasteiger partial charge on any atom is 0.274 e. The SMILES string of the molecule is Cc1ccccc1C(=O)Nc1ccc(N2CCN(C(=O)c3cnccn3)CC2)nc1. The van der Waals surface area contributed by atoms with Crippen LogP contribution in [0.5, 0.6) is 0 Å². The summed E-state index contributed by atoms with van der Waals surface area (Å²) in [4.78, 5) is 41.3. The first-order chi connectivity index (χ1) is 14.6. The summed E-state index contributed by atoms with van der Waals surface area (Å²) in [6.45, 7) is 4.43. The summed E-state index contributed by atoms with van der Waals surface area (Å²) in [6.07, 6.45) is 6.21. The number of nitrogens with zero attached hydrogens (tertiary/aromatic N) is 5. The van der Waals surface area contributed by atoms with Crippen LogP contribution in [0, 0.1) is 6.92 Å². The molecule has 1 saturated heterocycles. The number of rotatable bonds is 4. The molecule has 2 amide bonds. The molecule has 1 aliphatic heterocycles. The Balaban J connectivity index is 1.34. The van der Waals surface area contributed by atoms with Gasteiger partial charge in [-0.05, 0) is 30.7 Å². The van der Waals surface area contributed by atoms with Crippen LogP contribution in [0.4, 0.5) is 11.5 Å². The monoisotopic (exact) mass is 402 g/mol. The maximum absolute atomic E-state index is 12.5. The van der Waals surface area contributed by atoms with Crippen LogP contribution >= 0.6 is 0 Å². The van der Waals surface area contributed by atoms with Crippen molar-refractivity contribution in [1.82, 2.24) is 19.9 Å². The van der Waals surface area contributed by atoms with Crippen LogP contribution in [0.15, 0.2) is 61.2 Å². The molecule has 2 aromatic heterocycles. The largest absolute Gasteiger partial charge is 0.353 e. The number of carbonyl (C=O) groups is 2. The summed E-state index contributed by atoms with van der Waals surface area (Å²) in [5, 5.41) is 2.88. The summed E-state index contributed by atoms with van der Waals surface area (Å²) in [5.41, 5.74) is 2.57. The molecule has 0 aliphatic carbocycles. The number of piperazine rings is 1. The van der Waals surface area contributed by atoms with Crippen molar-refractivity contribution in [1.29, 1.82) is 0 Å². The predicted octanol–water partition coefficient (Wildman–Crippen LogP) is 2.39. The zero-order chi connectivity index (χ0) is 20.9. The van der Waals surface area contributed by atoms with Gasteiger partial charge < -0.3 is 15.1 Å². The lowest BCUT2D eigenvalue weighted by atomic mass is 10.1. The number of carbonyl (C=O) groups excluding carboxylic acids is 2. The second-order valence-electron chi connectivity index (χ2n) is 7.04. The van der Waals surface area contributed by atoms with Crippen LogP contribution in [-0.4, -0.2) is 57.8 Å². The molecule has 1 aromatic carbocycles. The fraction of sp³-hybridized carbons (Fsp3) is 0.227. The molecule has 0 unspecified atom stereocenters. The molecule has 8 nitrogen and oxygen atoms in total. The number of nitrogens with one attached hydrogen (secondary N) is 1. The van der Waals surface area contributed by atoms with Gasteiger partial charge in [-0.1, -0.05) is 18.2 Å². The van der Waals surface area contributed by atoms with Crippen molar-refractivity contribution in [2.45, 2.75) is 6.92 Å². The van der Waals surface area contributed by atoms with Gasteiger partial charge in [-0.2, -0.15) is 0 Å². The number of anilines is 2. The number of pyridine rings is 1. The molecule has 0 atom stereocenters. The van der Waals surface area contributed by atoms with Gasteiger partial charge in [-0.15, -0.1) is 0 Å². The maximum atomic E-state index is 12.5. The second kappa shape index (κ2) is 8.69. The third kappa shape index (κ3) is 4.27. The van der Waals surface area contributed by atoms with Crippen molar-refractivity contribution >= 4 is 23.3 Å². The van der Waals surface area contributed by atoms with E-state index >= 15 is 0 Å². The minimum atomic E-state index is -0.154. The molecular formula is C22H22N6O2. The normalized spacial score (nSPS) is 13.8. The molecule has 4 rings (SSSR count). The Morgan fingerprint density at radius 2 is 1.73 bits per heavy atom. The summed E-state index contributed by atoms with van der Waals surface area (Å²) in [7, 11) is 0. The Bertz CT molecular complexity index is 1030. The number of aromatic nitrogens is 3. The molecule has 0 saturated carbocycles. The molecule has 0 bridgehead atoms. The van der Waals surface area contributed by atoms with Crippen LogP contribution in [0.25, 0.3) is 0 Å². The third-order valence-corrected chi connectivity index (χ3v) is 5.07. The van der Waals surface area contributed by atoms with Crippen LogP contribution in [-0.2, 0) is 0 Å². The highest BCUT2D eigenvalue weighted by molar-refractivity contribution is 6.05. The lowest BCUT2D eigenvalue weighted by Gasteiger charge is -2.35. The van der Waals surface area contributed by atoms with E-state index in [9.17, 15) is 9.59 Å². The lowest BCUT2D eigenvalue weighted by Crippen LogP contribution is -2.49. The van der Waals surface area contributed by atoms with Crippen molar-refractivity contribution in [3.05, 3.63) is 78.0 Å². The Morgan fingerprint density at radius 1 is 0.933 bits per heavy atom. The number of aryl methyl sites for hydroxylation is 1. The van der Waals surface area contributed by atoms with Gasteiger partial charge in [0.05, 0.1) is 18.1 Å². The third-order valence-electron chi connectivity index (χ3n) is 5.07. The van der Waals surface area contributed by atoms with Gasteiger partial charge in [0.25, 0.3) is 11.8 Å². The van der Waals surface area contributed by atoms with Gasteiger partial charge in [0.2, 0.25) is 0 Å². The Hall–Kier alpha value is -3.81. The van der Waals surface area contributed by atoms with E-state index in [1.165, 1.54) is 12.4 Å². The average Bonchev–Trinajstić information content (AvgIpc) is 2.80. The van der Waals surface area contributed by atoms with E-state index in [0.29, 0.717) is 43.1 Å². The molecule has 1 N–H and O–H groups in total. The zero-order valence-corrected chi connectivity index (χ0v) is 16.7. The van der Waals surface area contributed by atoms with Gasteiger partial charge in [-0.25, -0.2) is 9.97 Å². The van der Waals surface area contributed by atoms with Crippen molar-refractivity contribution in [3.63, 3.8) is 0 Å². The first-order valence-corrected chi connectivity index (χ1v) is 9.75.